The second-order valence-corrected chi connectivity index (χ2v) is 4.93. The second kappa shape index (κ2) is 10.6. The lowest BCUT2D eigenvalue weighted by Gasteiger charge is -2.08. The maximum absolute atomic E-state index is 3.49. The van der Waals surface area contributed by atoms with Gasteiger partial charge in [-0.05, 0) is 12.3 Å². The van der Waals surface area contributed by atoms with Crippen molar-refractivity contribution in [2.45, 2.75) is 65.2 Å². The number of unbranched alkanes of at least 4 members (excludes halogenated alkanes) is 5. The molecule has 0 aromatic carbocycles. The molecule has 0 amide bonds. The van der Waals surface area contributed by atoms with E-state index in [4.69, 9.17) is 0 Å². The lowest BCUT2D eigenvalue weighted by atomic mass is 10.00. The van der Waals surface area contributed by atoms with Crippen LogP contribution in [0.1, 0.15) is 65.2 Å². The lowest BCUT2D eigenvalue weighted by molar-refractivity contribution is 0.475. The van der Waals surface area contributed by atoms with E-state index in [0.29, 0.717) is 0 Å². The van der Waals surface area contributed by atoms with E-state index in [1.54, 1.807) is 0 Å². The molecule has 0 aliphatic rings. The average Bonchev–Trinajstić information content (AvgIpc) is 2.11. The van der Waals surface area contributed by atoms with Crippen molar-refractivity contribution in [3.8, 4) is 0 Å². The summed E-state index contributed by atoms with van der Waals surface area (Å²) < 4.78 is 0. The van der Waals surface area contributed by atoms with E-state index < -0.39 is 0 Å². The molecule has 1 atom stereocenters. The number of hydrogen-bond acceptors (Lipinski definition) is 0. The summed E-state index contributed by atoms with van der Waals surface area (Å²) in [6.45, 7) is 4.64. The molecule has 0 N–H and O–H groups in total. The third kappa shape index (κ3) is 10.4. The standard InChI is InChI=1S/C12H25Br/c1-3-4-5-6-7-8-9-12(2)10-11-13/h12H,3-11H2,1-2H3/t12-/m0/s1. The minimum absolute atomic E-state index is 0.922. The van der Waals surface area contributed by atoms with Gasteiger partial charge in [0.1, 0.15) is 0 Å². The first-order valence-corrected chi connectivity index (χ1v) is 6.99. The predicted octanol–water partition coefficient (Wildman–Crippen LogP) is 5.16. The Labute approximate surface area is 92.6 Å². The molecule has 0 spiro atoms. The van der Waals surface area contributed by atoms with Crippen LogP contribution in [-0.4, -0.2) is 5.33 Å². The van der Waals surface area contributed by atoms with Crippen molar-refractivity contribution in [3.63, 3.8) is 0 Å². The molecule has 0 radical (unpaired) electrons. The van der Waals surface area contributed by atoms with Crippen LogP contribution in [-0.2, 0) is 0 Å². The van der Waals surface area contributed by atoms with Gasteiger partial charge in [-0.3, -0.25) is 0 Å². The molecule has 13 heavy (non-hydrogen) atoms. The van der Waals surface area contributed by atoms with E-state index in [-0.39, 0.29) is 0 Å². The van der Waals surface area contributed by atoms with E-state index in [0.717, 1.165) is 5.92 Å². The van der Waals surface area contributed by atoms with Crippen LogP contribution in [0.4, 0.5) is 0 Å². The van der Waals surface area contributed by atoms with Crippen molar-refractivity contribution in [1.29, 1.82) is 0 Å². The van der Waals surface area contributed by atoms with Crippen LogP contribution >= 0.6 is 15.9 Å². The van der Waals surface area contributed by atoms with Crippen LogP contribution in [0.2, 0.25) is 0 Å². The Morgan fingerprint density at radius 1 is 0.923 bits per heavy atom. The topological polar surface area (TPSA) is 0 Å². The summed E-state index contributed by atoms with van der Waals surface area (Å²) >= 11 is 3.49. The summed E-state index contributed by atoms with van der Waals surface area (Å²) in [5.41, 5.74) is 0. The fourth-order valence-electron chi connectivity index (χ4n) is 1.60. The van der Waals surface area contributed by atoms with Crippen molar-refractivity contribution in [1.82, 2.24) is 0 Å². The van der Waals surface area contributed by atoms with Crippen LogP contribution in [0.3, 0.4) is 0 Å². The second-order valence-electron chi connectivity index (χ2n) is 4.14. The number of rotatable bonds is 9. The molecule has 0 bridgehead atoms. The van der Waals surface area contributed by atoms with Crippen LogP contribution in [0, 0.1) is 5.92 Å². The Morgan fingerprint density at radius 2 is 1.54 bits per heavy atom. The first kappa shape index (κ1) is 13.5. The molecule has 0 aromatic heterocycles. The SMILES string of the molecule is CCCCCCCC[C@H](C)CCBr. The van der Waals surface area contributed by atoms with Gasteiger partial charge in [-0.25, -0.2) is 0 Å². The summed E-state index contributed by atoms with van der Waals surface area (Å²) in [6.07, 6.45) is 11.4. The zero-order valence-corrected chi connectivity index (χ0v) is 10.9. The predicted molar refractivity (Wildman–Crippen MR) is 65.6 cm³/mol. The third-order valence-corrected chi connectivity index (χ3v) is 3.11. The fourth-order valence-corrected chi connectivity index (χ4v) is 2.39. The molecule has 0 rings (SSSR count). The van der Waals surface area contributed by atoms with Gasteiger partial charge in [-0.1, -0.05) is 74.7 Å². The maximum atomic E-state index is 3.49. The highest BCUT2D eigenvalue weighted by molar-refractivity contribution is 9.09. The molecular weight excluding hydrogens is 224 g/mol. The molecular formula is C12H25Br. The van der Waals surface area contributed by atoms with Gasteiger partial charge in [-0.15, -0.1) is 0 Å². The van der Waals surface area contributed by atoms with Gasteiger partial charge in [0.25, 0.3) is 0 Å². The van der Waals surface area contributed by atoms with Gasteiger partial charge in [0, 0.05) is 5.33 Å². The summed E-state index contributed by atoms with van der Waals surface area (Å²) in [5, 5.41) is 1.17. The highest BCUT2D eigenvalue weighted by Gasteiger charge is 1.99. The van der Waals surface area contributed by atoms with Gasteiger partial charge >= 0.3 is 0 Å². The minimum Gasteiger partial charge on any atom is -0.0928 e. The van der Waals surface area contributed by atoms with Gasteiger partial charge in [-0.2, -0.15) is 0 Å². The van der Waals surface area contributed by atoms with Crippen LogP contribution in [0.15, 0.2) is 0 Å². The fraction of sp³-hybridized carbons (Fsp3) is 1.00. The van der Waals surface area contributed by atoms with Crippen LogP contribution < -0.4 is 0 Å². The van der Waals surface area contributed by atoms with Crippen molar-refractivity contribution in [2.75, 3.05) is 5.33 Å². The number of alkyl halides is 1. The van der Waals surface area contributed by atoms with Crippen LogP contribution in [0.5, 0.6) is 0 Å². The zero-order chi connectivity index (χ0) is 9.94. The van der Waals surface area contributed by atoms with Gasteiger partial charge in [0.15, 0.2) is 0 Å². The monoisotopic (exact) mass is 248 g/mol. The Bertz CT molecular complexity index is 91.1. The Hall–Kier alpha value is 0.480. The largest absolute Gasteiger partial charge is 0.0928 e. The van der Waals surface area contributed by atoms with Gasteiger partial charge in [0.2, 0.25) is 0 Å². The van der Waals surface area contributed by atoms with E-state index >= 15 is 0 Å². The Morgan fingerprint density at radius 3 is 2.15 bits per heavy atom. The Kier molecular flexibility index (Phi) is 11.0. The number of hydrogen-bond donors (Lipinski definition) is 0. The van der Waals surface area contributed by atoms with Crippen molar-refractivity contribution in [3.05, 3.63) is 0 Å². The molecule has 0 aromatic rings. The zero-order valence-electron chi connectivity index (χ0n) is 9.32. The molecule has 0 saturated carbocycles. The smallest absolute Gasteiger partial charge is 0.00338 e. The van der Waals surface area contributed by atoms with Crippen molar-refractivity contribution in [2.24, 2.45) is 5.92 Å². The summed E-state index contributed by atoms with van der Waals surface area (Å²) in [7, 11) is 0. The molecule has 0 nitrogen and oxygen atoms in total. The third-order valence-electron chi connectivity index (χ3n) is 2.65. The molecule has 0 unspecified atom stereocenters. The molecule has 1 heteroatoms. The Balaban J connectivity index is 2.97. The van der Waals surface area contributed by atoms with E-state index in [9.17, 15) is 0 Å². The summed E-state index contributed by atoms with van der Waals surface area (Å²) in [6, 6.07) is 0. The molecule has 0 fully saturated rings. The van der Waals surface area contributed by atoms with E-state index in [2.05, 4.69) is 29.8 Å². The quantitative estimate of drug-likeness (QED) is 0.391. The van der Waals surface area contributed by atoms with Gasteiger partial charge < -0.3 is 0 Å². The number of halogens is 1. The maximum Gasteiger partial charge on any atom is 0.00338 e. The van der Waals surface area contributed by atoms with Crippen molar-refractivity contribution < 1.29 is 0 Å². The molecule has 0 aliphatic carbocycles. The van der Waals surface area contributed by atoms with Crippen LogP contribution in [0.25, 0.3) is 0 Å². The summed E-state index contributed by atoms with van der Waals surface area (Å²) in [5.74, 6) is 0.922. The minimum atomic E-state index is 0.922. The van der Waals surface area contributed by atoms with Gasteiger partial charge in [0.05, 0.1) is 0 Å². The molecule has 80 valence electrons. The first-order valence-electron chi connectivity index (χ1n) is 5.87. The van der Waals surface area contributed by atoms with E-state index in [1.165, 1.54) is 56.7 Å². The summed E-state index contributed by atoms with van der Waals surface area (Å²) in [4.78, 5) is 0. The average molecular weight is 249 g/mol. The highest BCUT2D eigenvalue weighted by atomic mass is 79.9. The molecule has 0 saturated heterocycles. The normalized spacial score (nSPS) is 13.2. The van der Waals surface area contributed by atoms with Crippen molar-refractivity contribution >= 4 is 15.9 Å². The first-order chi connectivity index (χ1) is 6.31. The molecule has 0 aliphatic heterocycles. The van der Waals surface area contributed by atoms with E-state index in [1.807, 2.05) is 0 Å². The lowest BCUT2D eigenvalue weighted by Crippen LogP contribution is -1.95. The highest BCUT2D eigenvalue weighted by Crippen LogP contribution is 2.15. The molecule has 0 heterocycles.